The highest BCUT2D eigenvalue weighted by Gasteiger charge is 2.33. The summed E-state index contributed by atoms with van der Waals surface area (Å²) in [5.74, 6) is 0.0872. The van der Waals surface area contributed by atoms with Gasteiger partial charge in [-0.3, -0.25) is 4.79 Å². The third-order valence-corrected chi connectivity index (χ3v) is 3.24. The Bertz CT molecular complexity index is 227. The number of hydrogen-bond acceptors (Lipinski definition) is 3. The van der Waals surface area contributed by atoms with Crippen molar-refractivity contribution < 1.29 is 9.53 Å². The van der Waals surface area contributed by atoms with Gasteiger partial charge in [-0.25, -0.2) is 0 Å². The fraction of sp³-hybridized carbons (Fsp3) is 0.917. The molecule has 4 nitrogen and oxygen atoms in total. The lowest BCUT2D eigenvalue weighted by atomic mass is 9.78. The highest BCUT2D eigenvalue weighted by Crippen LogP contribution is 2.31. The van der Waals surface area contributed by atoms with Gasteiger partial charge in [-0.2, -0.15) is 0 Å². The Morgan fingerprint density at radius 3 is 2.69 bits per heavy atom. The van der Waals surface area contributed by atoms with Crippen LogP contribution in [0.4, 0.5) is 0 Å². The standard InChI is InChI=1S/C12H24N2O2/c1-10(14-12(2)6-4-7-12)11(15)13-8-5-9-16-3/h10,14H,4-9H2,1-3H3,(H,13,15). The molecule has 0 saturated heterocycles. The maximum absolute atomic E-state index is 11.7. The molecule has 0 aromatic rings. The quantitative estimate of drug-likeness (QED) is 0.641. The van der Waals surface area contributed by atoms with E-state index in [2.05, 4.69) is 17.6 Å². The van der Waals surface area contributed by atoms with E-state index in [1.165, 1.54) is 19.3 Å². The summed E-state index contributed by atoms with van der Waals surface area (Å²) in [6, 6.07) is -0.104. The number of rotatable bonds is 7. The fourth-order valence-corrected chi connectivity index (χ4v) is 2.02. The van der Waals surface area contributed by atoms with Gasteiger partial charge in [-0.05, 0) is 39.5 Å². The van der Waals surface area contributed by atoms with E-state index in [1.54, 1.807) is 7.11 Å². The zero-order valence-corrected chi connectivity index (χ0v) is 10.6. The molecule has 1 rings (SSSR count). The van der Waals surface area contributed by atoms with Crippen molar-refractivity contribution >= 4 is 5.91 Å². The van der Waals surface area contributed by atoms with Crippen molar-refractivity contribution in [3.8, 4) is 0 Å². The van der Waals surface area contributed by atoms with Gasteiger partial charge in [0.15, 0.2) is 0 Å². The largest absolute Gasteiger partial charge is 0.385 e. The van der Waals surface area contributed by atoms with Crippen LogP contribution in [0.1, 0.15) is 39.5 Å². The van der Waals surface area contributed by atoms with Crippen molar-refractivity contribution in [3.05, 3.63) is 0 Å². The molecule has 2 N–H and O–H groups in total. The van der Waals surface area contributed by atoms with E-state index < -0.39 is 0 Å². The third kappa shape index (κ3) is 4.10. The zero-order chi connectivity index (χ0) is 12.0. The van der Waals surface area contributed by atoms with Crippen molar-refractivity contribution in [3.63, 3.8) is 0 Å². The smallest absolute Gasteiger partial charge is 0.236 e. The molecule has 0 aromatic carbocycles. The monoisotopic (exact) mass is 228 g/mol. The molecular weight excluding hydrogens is 204 g/mol. The van der Waals surface area contributed by atoms with Gasteiger partial charge in [0.25, 0.3) is 0 Å². The van der Waals surface area contributed by atoms with E-state index in [-0.39, 0.29) is 17.5 Å². The number of methoxy groups -OCH3 is 1. The van der Waals surface area contributed by atoms with Crippen LogP contribution >= 0.6 is 0 Å². The van der Waals surface area contributed by atoms with Crippen LogP contribution in [-0.4, -0.2) is 37.7 Å². The van der Waals surface area contributed by atoms with Crippen molar-refractivity contribution in [2.24, 2.45) is 0 Å². The fourth-order valence-electron chi connectivity index (χ4n) is 2.02. The van der Waals surface area contributed by atoms with Gasteiger partial charge in [0.05, 0.1) is 6.04 Å². The van der Waals surface area contributed by atoms with Gasteiger partial charge in [0.1, 0.15) is 0 Å². The molecule has 94 valence electrons. The molecule has 1 atom stereocenters. The molecule has 0 aliphatic heterocycles. The molecule has 1 fully saturated rings. The minimum absolute atomic E-state index is 0.0872. The Morgan fingerprint density at radius 1 is 1.50 bits per heavy atom. The van der Waals surface area contributed by atoms with Crippen LogP contribution in [0.25, 0.3) is 0 Å². The van der Waals surface area contributed by atoms with Crippen molar-refractivity contribution in [1.82, 2.24) is 10.6 Å². The molecule has 4 heteroatoms. The van der Waals surface area contributed by atoms with Gasteiger partial charge >= 0.3 is 0 Å². The van der Waals surface area contributed by atoms with Crippen LogP contribution in [0.15, 0.2) is 0 Å². The van der Waals surface area contributed by atoms with Crippen LogP contribution in [0.5, 0.6) is 0 Å². The van der Waals surface area contributed by atoms with Crippen molar-refractivity contribution in [2.75, 3.05) is 20.3 Å². The van der Waals surface area contributed by atoms with E-state index >= 15 is 0 Å². The van der Waals surface area contributed by atoms with E-state index in [4.69, 9.17) is 4.74 Å². The molecule has 1 aliphatic carbocycles. The van der Waals surface area contributed by atoms with Gasteiger partial charge in [0.2, 0.25) is 5.91 Å². The molecule has 1 saturated carbocycles. The Labute approximate surface area is 98.1 Å². The Hall–Kier alpha value is -0.610. The molecule has 1 amide bonds. The average Bonchev–Trinajstić information content (AvgIpc) is 2.21. The van der Waals surface area contributed by atoms with Crippen LogP contribution in [-0.2, 0) is 9.53 Å². The Morgan fingerprint density at radius 2 is 2.19 bits per heavy atom. The molecule has 0 spiro atoms. The predicted molar refractivity (Wildman–Crippen MR) is 64.4 cm³/mol. The first kappa shape index (κ1) is 13.5. The second-order valence-corrected chi connectivity index (χ2v) is 4.92. The van der Waals surface area contributed by atoms with Crippen molar-refractivity contribution in [2.45, 2.75) is 51.1 Å². The Balaban J connectivity index is 2.15. The first-order chi connectivity index (χ1) is 7.57. The molecule has 0 aromatic heterocycles. The van der Waals surface area contributed by atoms with Crippen LogP contribution in [0.3, 0.4) is 0 Å². The SMILES string of the molecule is COCCCNC(=O)C(C)NC1(C)CCC1. The molecular formula is C12H24N2O2. The molecule has 1 aliphatic rings. The van der Waals surface area contributed by atoms with Crippen LogP contribution in [0.2, 0.25) is 0 Å². The summed E-state index contributed by atoms with van der Waals surface area (Å²) in [4.78, 5) is 11.7. The summed E-state index contributed by atoms with van der Waals surface area (Å²) < 4.78 is 4.92. The predicted octanol–water partition coefficient (Wildman–Crippen LogP) is 1.06. The van der Waals surface area contributed by atoms with Gasteiger partial charge in [-0.1, -0.05) is 0 Å². The normalized spacial score (nSPS) is 19.9. The second-order valence-electron chi connectivity index (χ2n) is 4.92. The zero-order valence-electron chi connectivity index (χ0n) is 10.6. The van der Waals surface area contributed by atoms with Crippen LogP contribution < -0.4 is 10.6 Å². The van der Waals surface area contributed by atoms with E-state index in [1.807, 2.05) is 6.92 Å². The second kappa shape index (κ2) is 6.21. The highest BCUT2D eigenvalue weighted by molar-refractivity contribution is 5.81. The van der Waals surface area contributed by atoms with E-state index in [0.29, 0.717) is 13.2 Å². The van der Waals surface area contributed by atoms with Gasteiger partial charge < -0.3 is 15.4 Å². The van der Waals surface area contributed by atoms with Gasteiger partial charge in [-0.15, -0.1) is 0 Å². The summed E-state index contributed by atoms with van der Waals surface area (Å²) in [5.41, 5.74) is 0.184. The van der Waals surface area contributed by atoms with Gasteiger partial charge in [0, 0.05) is 25.8 Å². The summed E-state index contributed by atoms with van der Waals surface area (Å²) in [6.45, 7) is 5.50. The first-order valence-electron chi connectivity index (χ1n) is 6.12. The molecule has 0 bridgehead atoms. The lowest BCUT2D eigenvalue weighted by molar-refractivity contribution is -0.123. The number of amides is 1. The van der Waals surface area contributed by atoms with E-state index in [0.717, 1.165) is 6.42 Å². The summed E-state index contributed by atoms with van der Waals surface area (Å²) >= 11 is 0. The minimum Gasteiger partial charge on any atom is -0.385 e. The Kier molecular flexibility index (Phi) is 5.22. The summed E-state index contributed by atoms with van der Waals surface area (Å²) in [5, 5.41) is 6.30. The maximum Gasteiger partial charge on any atom is 0.236 e. The highest BCUT2D eigenvalue weighted by atomic mass is 16.5. The third-order valence-electron chi connectivity index (χ3n) is 3.24. The lowest BCUT2D eigenvalue weighted by Gasteiger charge is -2.41. The average molecular weight is 228 g/mol. The topological polar surface area (TPSA) is 50.4 Å². The maximum atomic E-state index is 11.7. The summed E-state index contributed by atoms with van der Waals surface area (Å²) in [6.07, 6.45) is 4.49. The molecule has 0 radical (unpaired) electrons. The first-order valence-corrected chi connectivity index (χ1v) is 6.12. The molecule has 0 heterocycles. The lowest BCUT2D eigenvalue weighted by Crippen LogP contribution is -2.56. The van der Waals surface area contributed by atoms with Crippen LogP contribution in [0, 0.1) is 0 Å². The number of ether oxygens (including phenoxy) is 1. The number of hydrogen-bond donors (Lipinski definition) is 2. The summed E-state index contributed by atoms with van der Waals surface area (Å²) in [7, 11) is 1.67. The number of carbonyl (C=O) groups is 1. The van der Waals surface area contributed by atoms with E-state index in [9.17, 15) is 4.79 Å². The number of nitrogens with one attached hydrogen (secondary N) is 2. The van der Waals surface area contributed by atoms with Crippen molar-refractivity contribution in [1.29, 1.82) is 0 Å². The number of carbonyl (C=O) groups excluding carboxylic acids is 1. The molecule has 16 heavy (non-hydrogen) atoms. The minimum atomic E-state index is -0.104. The molecule has 1 unspecified atom stereocenters.